The molecular formula is C12H17NO3. The highest BCUT2D eigenvalue weighted by molar-refractivity contribution is 5.73. The lowest BCUT2D eigenvalue weighted by Gasteiger charge is -2.17. The number of aliphatic hydroxyl groups is 1. The van der Waals surface area contributed by atoms with Gasteiger partial charge in [0.25, 0.3) is 0 Å². The SMILES string of the molecule is COc1ccc(C(CCO)NC(C)=O)cc1. The second-order valence-electron chi connectivity index (χ2n) is 3.54. The minimum atomic E-state index is -0.145. The molecule has 1 aromatic rings. The predicted octanol–water partition coefficient (Wildman–Crippen LogP) is 1.25. The number of hydrogen-bond donors (Lipinski definition) is 2. The first kappa shape index (κ1) is 12.5. The number of hydrogen-bond acceptors (Lipinski definition) is 3. The molecule has 0 aliphatic rings. The fourth-order valence-electron chi connectivity index (χ4n) is 1.53. The average molecular weight is 223 g/mol. The number of carbonyl (C=O) groups excluding carboxylic acids is 1. The molecule has 0 heterocycles. The number of carbonyl (C=O) groups is 1. The van der Waals surface area contributed by atoms with Crippen LogP contribution in [0.5, 0.6) is 5.75 Å². The number of nitrogens with one attached hydrogen (secondary N) is 1. The first-order valence-electron chi connectivity index (χ1n) is 5.19. The normalized spacial score (nSPS) is 11.9. The molecule has 0 spiro atoms. The van der Waals surface area contributed by atoms with Crippen LogP contribution in [-0.2, 0) is 4.79 Å². The zero-order chi connectivity index (χ0) is 12.0. The van der Waals surface area contributed by atoms with Gasteiger partial charge in [0.1, 0.15) is 5.75 Å². The summed E-state index contributed by atoms with van der Waals surface area (Å²) in [5, 5.41) is 11.7. The van der Waals surface area contributed by atoms with E-state index in [1.165, 1.54) is 6.92 Å². The largest absolute Gasteiger partial charge is 0.497 e. The van der Waals surface area contributed by atoms with Crippen LogP contribution >= 0.6 is 0 Å². The van der Waals surface area contributed by atoms with Crippen LogP contribution in [0, 0.1) is 0 Å². The lowest BCUT2D eigenvalue weighted by atomic mass is 10.0. The van der Waals surface area contributed by atoms with Gasteiger partial charge < -0.3 is 15.2 Å². The van der Waals surface area contributed by atoms with Gasteiger partial charge in [-0.05, 0) is 24.1 Å². The summed E-state index contributed by atoms with van der Waals surface area (Å²) >= 11 is 0. The van der Waals surface area contributed by atoms with E-state index >= 15 is 0 Å². The van der Waals surface area contributed by atoms with Crippen LogP contribution in [0.25, 0.3) is 0 Å². The topological polar surface area (TPSA) is 58.6 Å². The van der Waals surface area contributed by atoms with E-state index in [0.29, 0.717) is 6.42 Å². The average Bonchev–Trinajstić information content (AvgIpc) is 2.28. The zero-order valence-electron chi connectivity index (χ0n) is 9.56. The van der Waals surface area contributed by atoms with Crippen LogP contribution in [0.15, 0.2) is 24.3 Å². The first-order chi connectivity index (χ1) is 7.67. The predicted molar refractivity (Wildman–Crippen MR) is 61.3 cm³/mol. The third kappa shape index (κ3) is 3.55. The summed E-state index contributed by atoms with van der Waals surface area (Å²) in [6.45, 7) is 1.50. The maximum Gasteiger partial charge on any atom is 0.217 e. The van der Waals surface area contributed by atoms with E-state index in [4.69, 9.17) is 9.84 Å². The lowest BCUT2D eigenvalue weighted by molar-refractivity contribution is -0.119. The molecule has 2 N–H and O–H groups in total. The zero-order valence-corrected chi connectivity index (χ0v) is 9.56. The monoisotopic (exact) mass is 223 g/mol. The van der Waals surface area contributed by atoms with Gasteiger partial charge in [-0.15, -0.1) is 0 Å². The molecule has 1 unspecified atom stereocenters. The molecule has 0 fully saturated rings. The van der Waals surface area contributed by atoms with E-state index in [2.05, 4.69) is 5.32 Å². The fourth-order valence-corrected chi connectivity index (χ4v) is 1.53. The maximum absolute atomic E-state index is 11.0. The molecule has 4 nitrogen and oxygen atoms in total. The highest BCUT2D eigenvalue weighted by Gasteiger charge is 2.11. The summed E-state index contributed by atoms with van der Waals surface area (Å²) in [5.74, 6) is 0.670. The Labute approximate surface area is 95.2 Å². The smallest absolute Gasteiger partial charge is 0.217 e. The minimum absolute atomic E-state index is 0.0387. The molecule has 0 saturated heterocycles. The number of ether oxygens (including phenoxy) is 1. The lowest BCUT2D eigenvalue weighted by Crippen LogP contribution is -2.26. The van der Waals surface area contributed by atoms with Gasteiger partial charge in [-0.1, -0.05) is 12.1 Å². The maximum atomic E-state index is 11.0. The van der Waals surface area contributed by atoms with Gasteiger partial charge in [-0.25, -0.2) is 0 Å². The molecule has 1 rings (SSSR count). The standard InChI is InChI=1S/C12H17NO3/c1-9(15)13-12(7-8-14)10-3-5-11(16-2)6-4-10/h3-6,12,14H,7-8H2,1-2H3,(H,13,15). The Bertz CT molecular complexity index is 335. The Morgan fingerprint density at radius 2 is 2.06 bits per heavy atom. The Hall–Kier alpha value is -1.55. The summed E-state index contributed by atoms with van der Waals surface area (Å²) in [7, 11) is 1.61. The summed E-state index contributed by atoms with van der Waals surface area (Å²) in [6, 6.07) is 7.29. The first-order valence-corrected chi connectivity index (χ1v) is 5.19. The molecule has 0 aliphatic heterocycles. The number of aliphatic hydroxyl groups excluding tert-OH is 1. The third-order valence-electron chi connectivity index (χ3n) is 2.31. The van der Waals surface area contributed by atoms with Gasteiger partial charge in [0.05, 0.1) is 13.2 Å². The van der Waals surface area contributed by atoms with Crippen molar-refractivity contribution in [1.29, 1.82) is 0 Å². The van der Waals surface area contributed by atoms with Crippen LogP contribution in [-0.4, -0.2) is 24.7 Å². The van der Waals surface area contributed by atoms with Crippen LogP contribution < -0.4 is 10.1 Å². The molecule has 0 saturated carbocycles. The molecule has 0 aromatic heterocycles. The van der Waals surface area contributed by atoms with Gasteiger partial charge >= 0.3 is 0 Å². The molecule has 4 heteroatoms. The fraction of sp³-hybridized carbons (Fsp3) is 0.417. The molecule has 0 aliphatic carbocycles. The second-order valence-corrected chi connectivity index (χ2v) is 3.54. The summed E-state index contributed by atoms with van der Waals surface area (Å²) in [6.07, 6.45) is 0.506. The molecule has 0 bridgehead atoms. The van der Waals surface area contributed by atoms with Crippen molar-refractivity contribution >= 4 is 5.91 Å². The van der Waals surface area contributed by atoms with E-state index in [0.717, 1.165) is 11.3 Å². The number of benzene rings is 1. The van der Waals surface area contributed by atoms with Crippen molar-refractivity contribution in [2.45, 2.75) is 19.4 Å². The second kappa shape index (κ2) is 6.12. The Morgan fingerprint density at radius 3 is 2.50 bits per heavy atom. The summed E-state index contributed by atoms with van der Waals surface area (Å²) in [5.41, 5.74) is 0.963. The third-order valence-corrected chi connectivity index (χ3v) is 2.31. The number of methoxy groups -OCH3 is 1. The van der Waals surface area contributed by atoms with Crippen LogP contribution in [0.1, 0.15) is 24.9 Å². The van der Waals surface area contributed by atoms with Crippen LogP contribution in [0.4, 0.5) is 0 Å². The van der Waals surface area contributed by atoms with Gasteiger partial charge in [0.15, 0.2) is 0 Å². The summed E-state index contributed by atoms with van der Waals surface area (Å²) < 4.78 is 5.05. The van der Waals surface area contributed by atoms with Gasteiger partial charge in [0, 0.05) is 13.5 Å². The van der Waals surface area contributed by atoms with Crippen molar-refractivity contribution in [2.75, 3.05) is 13.7 Å². The quantitative estimate of drug-likeness (QED) is 0.790. The van der Waals surface area contributed by atoms with Gasteiger partial charge in [-0.3, -0.25) is 4.79 Å². The van der Waals surface area contributed by atoms with Crippen molar-refractivity contribution in [3.63, 3.8) is 0 Å². The molecule has 1 aromatic carbocycles. The molecule has 88 valence electrons. The van der Waals surface area contributed by atoms with Crippen molar-refractivity contribution in [1.82, 2.24) is 5.32 Å². The molecule has 1 amide bonds. The van der Waals surface area contributed by atoms with E-state index in [-0.39, 0.29) is 18.6 Å². The molecule has 16 heavy (non-hydrogen) atoms. The van der Waals surface area contributed by atoms with Gasteiger partial charge in [0.2, 0.25) is 5.91 Å². The highest BCUT2D eigenvalue weighted by Crippen LogP contribution is 2.19. The van der Waals surface area contributed by atoms with Crippen molar-refractivity contribution in [3.05, 3.63) is 29.8 Å². The van der Waals surface area contributed by atoms with E-state index in [9.17, 15) is 4.79 Å². The van der Waals surface area contributed by atoms with E-state index in [1.54, 1.807) is 7.11 Å². The Balaban J connectivity index is 2.79. The van der Waals surface area contributed by atoms with Crippen LogP contribution in [0.2, 0.25) is 0 Å². The Kier molecular flexibility index (Phi) is 4.79. The van der Waals surface area contributed by atoms with Crippen LogP contribution in [0.3, 0.4) is 0 Å². The van der Waals surface area contributed by atoms with Crippen molar-refractivity contribution < 1.29 is 14.6 Å². The number of rotatable bonds is 5. The minimum Gasteiger partial charge on any atom is -0.497 e. The van der Waals surface area contributed by atoms with Crippen molar-refractivity contribution in [3.8, 4) is 5.75 Å². The number of amides is 1. The molecule has 1 atom stereocenters. The van der Waals surface area contributed by atoms with E-state index in [1.807, 2.05) is 24.3 Å². The van der Waals surface area contributed by atoms with Crippen molar-refractivity contribution in [2.24, 2.45) is 0 Å². The Morgan fingerprint density at radius 1 is 1.44 bits per heavy atom. The summed E-state index contributed by atoms with van der Waals surface area (Å²) in [4.78, 5) is 11.0. The van der Waals surface area contributed by atoms with Gasteiger partial charge in [-0.2, -0.15) is 0 Å². The van der Waals surface area contributed by atoms with E-state index < -0.39 is 0 Å². The molecule has 0 radical (unpaired) electrons. The molecular weight excluding hydrogens is 206 g/mol. The highest BCUT2D eigenvalue weighted by atomic mass is 16.5.